The Balaban J connectivity index is 1.33. The number of hydrogen-bond acceptors (Lipinski definition) is 10. The molecule has 8 amide bonds. The lowest BCUT2D eigenvalue weighted by atomic mass is 9.85. The van der Waals surface area contributed by atoms with Crippen molar-refractivity contribution in [2.45, 2.75) is 143 Å². The second-order valence-electron chi connectivity index (χ2n) is 23.0. The number of carbonyl (C=O) groups excluding carboxylic acids is 8. The second kappa shape index (κ2) is 27.2. The van der Waals surface area contributed by atoms with Gasteiger partial charge in [-0.05, 0) is 124 Å². The summed E-state index contributed by atoms with van der Waals surface area (Å²) in [6.45, 7) is 18.4. The maximum atomic E-state index is 14.6. The quantitative estimate of drug-likeness (QED) is 0.0854. The van der Waals surface area contributed by atoms with E-state index in [1.54, 1.807) is 71.8 Å². The van der Waals surface area contributed by atoms with Gasteiger partial charge in [0.05, 0.1) is 24.2 Å². The van der Waals surface area contributed by atoms with Crippen LogP contribution >= 0.6 is 0 Å². The zero-order valence-corrected chi connectivity index (χ0v) is 47.4. The van der Waals surface area contributed by atoms with E-state index in [4.69, 9.17) is 0 Å². The van der Waals surface area contributed by atoms with Crippen molar-refractivity contribution in [3.05, 3.63) is 107 Å². The van der Waals surface area contributed by atoms with Crippen molar-refractivity contribution in [1.29, 1.82) is 0 Å². The largest absolute Gasteiger partial charge is 0.347 e. The number of halogens is 2. The van der Waals surface area contributed by atoms with Crippen LogP contribution in [0.4, 0.5) is 8.78 Å². The number of nitrogens with zero attached hydrogens (tertiary/aromatic N) is 4. The summed E-state index contributed by atoms with van der Waals surface area (Å²) in [5.74, 6) is -3.59. The smallest absolute Gasteiger partial charge is 0.251 e. The Labute approximate surface area is 458 Å². The first kappa shape index (κ1) is 62.0. The highest BCUT2D eigenvalue weighted by Crippen LogP contribution is 2.29. The normalized spacial score (nSPS) is 19.0. The molecule has 3 aromatic rings. The van der Waals surface area contributed by atoms with Crippen LogP contribution in [0.25, 0.3) is 0 Å². The van der Waals surface area contributed by atoms with Gasteiger partial charge in [0, 0.05) is 76.3 Å². The molecule has 18 nitrogen and oxygen atoms in total. The molecule has 0 spiro atoms. The fourth-order valence-electron chi connectivity index (χ4n) is 9.76. The lowest BCUT2D eigenvalue weighted by molar-refractivity contribution is -0.142. The molecule has 20 heteroatoms. The molecule has 8 atom stereocenters. The number of hydrogen-bond donors (Lipinski definition) is 6. The molecule has 0 aliphatic carbocycles. The van der Waals surface area contributed by atoms with Crippen molar-refractivity contribution in [3.63, 3.8) is 0 Å². The molecule has 0 unspecified atom stereocenters. The predicted octanol–water partition coefficient (Wildman–Crippen LogP) is 3.82. The summed E-state index contributed by atoms with van der Waals surface area (Å²) in [4.78, 5) is 116. The van der Waals surface area contributed by atoms with E-state index >= 15 is 0 Å². The van der Waals surface area contributed by atoms with E-state index < -0.39 is 71.0 Å². The minimum Gasteiger partial charge on any atom is -0.347 e. The molecule has 2 aliphatic rings. The van der Waals surface area contributed by atoms with Gasteiger partial charge in [-0.3, -0.25) is 38.4 Å². The molecule has 0 bridgehead atoms. The van der Waals surface area contributed by atoms with Gasteiger partial charge in [0.15, 0.2) is 0 Å². The van der Waals surface area contributed by atoms with Crippen LogP contribution in [0.15, 0.2) is 72.8 Å². The van der Waals surface area contributed by atoms with Crippen LogP contribution in [0, 0.1) is 22.5 Å². The molecule has 0 radical (unpaired) electrons. The summed E-state index contributed by atoms with van der Waals surface area (Å²) >= 11 is 0. The molecule has 2 aliphatic heterocycles. The van der Waals surface area contributed by atoms with E-state index in [9.17, 15) is 47.1 Å². The van der Waals surface area contributed by atoms with Crippen molar-refractivity contribution in [2.75, 3.05) is 53.4 Å². The van der Waals surface area contributed by atoms with Gasteiger partial charge < -0.3 is 51.5 Å². The zero-order chi connectivity index (χ0) is 57.8. The zero-order valence-electron chi connectivity index (χ0n) is 47.4. The van der Waals surface area contributed by atoms with Crippen LogP contribution in [0.3, 0.4) is 0 Å². The number of benzene rings is 3. The molecule has 2 saturated heterocycles. The highest BCUT2D eigenvalue weighted by atomic mass is 19.1. The number of nitrogens with one attached hydrogen (secondary N) is 6. The maximum absolute atomic E-state index is 14.6. The third kappa shape index (κ3) is 17.1. The van der Waals surface area contributed by atoms with Crippen LogP contribution in [0.1, 0.15) is 114 Å². The topological polar surface area (TPSA) is 222 Å². The van der Waals surface area contributed by atoms with Crippen molar-refractivity contribution in [1.82, 2.24) is 51.5 Å². The molecule has 5 rings (SSSR count). The van der Waals surface area contributed by atoms with E-state index in [0.717, 1.165) is 11.1 Å². The average molecular weight is 1090 g/mol. The Morgan fingerprint density at radius 1 is 0.551 bits per heavy atom. The van der Waals surface area contributed by atoms with E-state index in [1.807, 2.05) is 41.5 Å². The molecular weight excluding hydrogens is 1000 g/mol. The Hall–Kier alpha value is -6.80. The van der Waals surface area contributed by atoms with Gasteiger partial charge in [-0.15, -0.1) is 0 Å². The molecule has 0 saturated carbocycles. The summed E-state index contributed by atoms with van der Waals surface area (Å²) < 4.78 is 27.4. The van der Waals surface area contributed by atoms with Crippen molar-refractivity contribution >= 4 is 47.3 Å². The van der Waals surface area contributed by atoms with Crippen LogP contribution < -0.4 is 31.9 Å². The van der Waals surface area contributed by atoms with Crippen LogP contribution in [-0.4, -0.2) is 169 Å². The van der Waals surface area contributed by atoms with E-state index in [0.29, 0.717) is 25.9 Å². The Morgan fingerprint density at radius 2 is 0.872 bits per heavy atom. The van der Waals surface area contributed by atoms with Crippen LogP contribution in [-0.2, 0) is 41.6 Å². The van der Waals surface area contributed by atoms with Gasteiger partial charge in [-0.1, -0.05) is 65.8 Å². The molecule has 2 fully saturated rings. The summed E-state index contributed by atoms with van der Waals surface area (Å²) in [6, 6.07) is 12.8. The highest BCUT2D eigenvalue weighted by Gasteiger charge is 2.45. The number of carbonyl (C=O) groups is 8. The molecular formula is C58H82F2N10O8. The first-order valence-electron chi connectivity index (χ1n) is 26.9. The summed E-state index contributed by atoms with van der Waals surface area (Å²) in [5.41, 5.74) is 0.694. The monoisotopic (exact) mass is 1080 g/mol. The number of likely N-dealkylation sites (tertiary alicyclic amines) is 2. The highest BCUT2D eigenvalue weighted by molar-refractivity contribution is 5.98. The van der Waals surface area contributed by atoms with Gasteiger partial charge in [0.2, 0.25) is 35.4 Å². The fraction of sp³-hybridized carbons (Fsp3) is 0.552. The predicted molar refractivity (Wildman–Crippen MR) is 294 cm³/mol. The molecule has 3 aromatic carbocycles. The van der Waals surface area contributed by atoms with Crippen LogP contribution in [0.2, 0.25) is 0 Å². The van der Waals surface area contributed by atoms with Crippen molar-refractivity contribution in [2.24, 2.45) is 10.8 Å². The lowest BCUT2D eigenvalue weighted by Gasteiger charge is -2.37. The van der Waals surface area contributed by atoms with E-state index in [2.05, 4.69) is 31.9 Å². The third-order valence-corrected chi connectivity index (χ3v) is 14.8. The standard InChI is InChI=1S/C58H82F2N10O8/c1-35(61-11)51(73)65-49(57(5,6)7)55(77)69-31-45(29-47(69)33-67(37(3)71)27-25-39-13-21-43(59)22-14-39)63-53(75)41-17-19-42(20-18-41)54(76)64-46-30-48(34-68(38(4)72)28-26-40-15-23-44(60)24-16-40)70(32-46)56(78)50(58(8,9)10)66-52(74)36(2)62-12/h13-24,35-36,45-50,61-62H,25-34H2,1-12H3,(H,63,75)(H,64,76)(H,65,73)(H,66,74)/t35-,36-,45-,46-,47-,48-,49+,50+/m0/s1. The van der Waals surface area contributed by atoms with Crippen molar-refractivity contribution in [3.8, 4) is 0 Å². The van der Waals surface area contributed by atoms with Crippen LogP contribution in [0.5, 0.6) is 0 Å². The first-order valence-corrected chi connectivity index (χ1v) is 26.9. The molecule has 78 heavy (non-hydrogen) atoms. The molecule has 426 valence electrons. The SMILES string of the molecule is CN[C@@H](C)C(=O)N[C@H](C(=O)N1C[C@@H](NC(=O)c2ccc(C(=O)N[C@H]3C[C@@H](CN(CCc4ccc(F)cc4)C(C)=O)N(C(=O)[C@@H](NC(=O)[C@H](C)NC)C(C)(C)C)C3)cc2)C[C@H]1CN(CCc1ccc(F)cc1)C(C)=O)C(C)(C)C. The van der Waals surface area contributed by atoms with E-state index in [1.165, 1.54) is 62.4 Å². The Bertz CT molecular complexity index is 2410. The summed E-state index contributed by atoms with van der Waals surface area (Å²) in [5, 5.41) is 17.8. The summed E-state index contributed by atoms with van der Waals surface area (Å²) in [7, 11) is 3.29. The molecule has 6 N–H and O–H groups in total. The van der Waals surface area contributed by atoms with E-state index in [-0.39, 0.29) is 97.2 Å². The average Bonchev–Trinajstić information content (AvgIpc) is 4.05. The van der Waals surface area contributed by atoms with Gasteiger partial charge in [0.1, 0.15) is 23.7 Å². The van der Waals surface area contributed by atoms with Gasteiger partial charge in [0.25, 0.3) is 11.8 Å². The fourth-order valence-corrected chi connectivity index (χ4v) is 9.76. The second-order valence-corrected chi connectivity index (χ2v) is 23.0. The lowest BCUT2D eigenvalue weighted by Crippen LogP contribution is -2.59. The van der Waals surface area contributed by atoms with Gasteiger partial charge >= 0.3 is 0 Å². The van der Waals surface area contributed by atoms with Gasteiger partial charge in [-0.2, -0.15) is 0 Å². The van der Waals surface area contributed by atoms with Gasteiger partial charge in [-0.25, -0.2) is 8.78 Å². The first-order chi connectivity index (χ1) is 36.6. The molecule has 2 heterocycles. The third-order valence-electron chi connectivity index (χ3n) is 14.8. The number of rotatable bonds is 22. The minimum absolute atomic E-state index is 0.0851. The van der Waals surface area contributed by atoms with Crippen molar-refractivity contribution < 1.29 is 47.1 Å². The Morgan fingerprint density at radius 3 is 1.15 bits per heavy atom. The molecule has 0 aromatic heterocycles. The maximum Gasteiger partial charge on any atom is 0.251 e. The minimum atomic E-state index is -0.949. The Kier molecular flexibility index (Phi) is 21.6. The summed E-state index contributed by atoms with van der Waals surface area (Å²) in [6.07, 6.45) is 1.45. The number of likely N-dealkylation sites (N-methyl/N-ethyl adjacent to an activating group) is 2. The number of amides is 8.